The summed E-state index contributed by atoms with van der Waals surface area (Å²) in [6.07, 6.45) is 1.60. The van der Waals surface area contributed by atoms with Crippen LogP contribution in [0.3, 0.4) is 0 Å². The van der Waals surface area contributed by atoms with Crippen molar-refractivity contribution in [3.63, 3.8) is 0 Å². The number of nitro groups is 1. The largest absolute Gasteiger partial charge is 0.468 e. The molecule has 0 aliphatic heterocycles. The van der Waals surface area contributed by atoms with Crippen molar-refractivity contribution in [2.75, 3.05) is 13.2 Å². The Morgan fingerprint density at radius 2 is 2.12 bits per heavy atom. The lowest BCUT2D eigenvalue weighted by Gasteiger charge is -2.18. The van der Waals surface area contributed by atoms with E-state index in [-0.39, 0.29) is 11.7 Å². The standard InChI is InChI=1S/C17H21ClN2O4/c1-12(2)10-23-11-16(17-4-3-7-24-17)19-9-13-8-14(20(21)22)5-6-15(13)18/h3-8,12,16,19H,9-11H2,1-2H3. The SMILES string of the molecule is CC(C)COCC(NCc1cc([N+](=O)[O-])ccc1Cl)c1ccco1. The van der Waals surface area contributed by atoms with E-state index in [4.69, 9.17) is 20.8 Å². The van der Waals surface area contributed by atoms with E-state index >= 15 is 0 Å². The fraction of sp³-hybridized carbons (Fsp3) is 0.412. The molecule has 0 amide bonds. The van der Waals surface area contributed by atoms with Crippen molar-refractivity contribution in [2.45, 2.75) is 26.4 Å². The van der Waals surface area contributed by atoms with E-state index < -0.39 is 4.92 Å². The Bertz CT molecular complexity index is 659. The van der Waals surface area contributed by atoms with Gasteiger partial charge in [0, 0.05) is 30.3 Å². The molecule has 1 N–H and O–H groups in total. The number of rotatable bonds is 9. The summed E-state index contributed by atoms with van der Waals surface area (Å²) in [4.78, 5) is 10.5. The molecule has 0 saturated heterocycles. The molecule has 0 radical (unpaired) electrons. The van der Waals surface area contributed by atoms with E-state index in [1.54, 1.807) is 6.26 Å². The van der Waals surface area contributed by atoms with E-state index in [0.29, 0.717) is 36.3 Å². The summed E-state index contributed by atoms with van der Waals surface area (Å²) in [5.74, 6) is 1.19. The predicted octanol–water partition coefficient (Wildman–Crippen LogP) is 4.34. The molecule has 0 saturated carbocycles. The van der Waals surface area contributed by atoms with Gasteiger partial charge in [-0.15, -0.1) is 0 Å². The number of nitrogens with one attached hydrogen (secondary N) is 1. The van der Waals surface area contributed by atoms with Gasteiger partial charge in [0.25, 0.3) is 5.69 Å². The second-order valence-electron chi connectivity index (χ2n) is 5.91. The summed E-state index contributed by atoms with van der Waals surface area (Å²) < 4.78 is 11.1. The Morgan fingerprint density at radius 3 is 2.75 bits per heavy atom. The third kappa shape index (κ3) is 5.33. The number of furan rings is 1. The van der Waals surface area contributed by atoms with E-state index in [9.17, 15) is 10.1 Å². The summed E-state index contributed by atoms with van der Waals surface area (Å²) in [6, 6.07) is 7.92. The number of ether oxygens (including phenoxy) is 1. The van der Waals surface area contributed by atoms with Gasteiger partial charge in [-0.1, -0.05) is 25.4 Å². The third-order valence-corrected chi connectivity index (χ3v) is 3.77. The van der Waals surface area contributed by atoms with Gasteiger partial charge in [0.15, 0.2) is 0 Å². The van der Waals surface area contributed by atoms with Crippen LogP contribution >= 0.6 is 11.6 Å². The molecule has 0 aliphatic carbocycles. The van der Waals surface area contributed by atoms with Gasteiger partial charge in [0.1, 0.15) is 5.76 Å². The summed E-state index contributed by atoms with van der Waals surface area (Å²) in [5.41, 5.74) is 0.674. The Hall–Kier alpha value is -1.89. The number of non-ortho nitro benzene ring substituents is 1. The number of nitrogens with zero attached hydrogens (tertiary/aromatic N) is 1. The normalized spacial score (nSPS) is 12.5. The first-order valence-electron chi connectivity index (χ1n) is 7.74. The minimum Gasteiger partial charge on any atom is -0.468 e. The van der Waals surface area contributed by atoms with Gasteiger partial charge in [-0.05, 0) is 29.7 Å². The topological polar surface area (TPSA) is 77.5 Å². The zero-order chi connectivity index (χ0) is 17.5. The molecule has 0 fully saturated rings. The van der Waals surface area contributed by atoms with Gasteiger partial charge in [-0.2, -0.15) is 0 Å². The quantitative estimate of drug-likeness (QED) is 0.536. The van der Waals surface area contributed by atoms with Gasteiger partial charge in [-0.25, -0.2) is 0 Å². The van der Waals surface area contributed by atoms with Gasteiger partial charge in [-0.3, -0.25) is 10.1 Å². The lowest BCUT2D eigenvalue weighted by atomic mass is 10.1. The van der Waals surface area contributed by atoms with E-state index in [1.165, 1.54) is 18.2 Å². The average Bonchev–Trinajstić information content (AvgIpc) is 3.05. The van der Waals surface area contributed by atoms with Gasteiger partial charge in [0.05, 0.1) is 23.8 Å². The maximum absolute atomic E-state index is 10.9. The zero-order valence-electron chi connectivity index (χ0n) is 13.7. The molecule has 6 nitrogen and oxygen atoms in total. The van der Waals surface area contributed by atoms with Crippen LogP contribution in [0.5, 0.6) is 0 Å². The zero-order valence-corrected chi connectivity index (χ0v) is 14.5. The van der Waals surface area contributed by atoms with E-state index in [1.807, 2.05) is 12.1 Å². The highest BCUT2D eigenvalue weighted by molar-refractivity contribution is 6.31. The minimum absolute atomic E-state index is 0.0156. The summed E-state index contributed by atoms with van der Waals surface area (Å²) in [6.45, 7) is 5.63. The monoisotopic (exact) mass is 352 g/mol. The van der Waals surface area contributed by atoms with Crippen molar-refractivity contribution in [3.8, 4) is 0 Å². The average molecular weight is 353 g/mol. The van der Waals surface area contributed by atoms with Crippen LogP contribution in [0.2, 0.25) is 5.02 Å². The number of hydrogen-bond donors (Lipinski definition) is 1. The summed E-state index contributed by atoms with van der Waals surface area (Å²) >= 11 is 6.14. The van der Waals surface area contributed by atoms with E-state index in [2.05, 4.69) is 19.2 Å². The molecule has 1 aromatic carbocycles. The van der Waals surface area contributed by atoms with Gasteiger partial charge < -0.3 is 14.5 Å². The maximum Gasteiger partial charge on any atom is 0.269 e. The first kappa shape index (κ1) is 18.4. The van der Waals surface area contributed by atoms with Gasteiger partial charge >= 0.3 is 0 Å². The molecule has 7 heteroatoms. The van der Waals surface area contributed by atoms with Gasteiger partial charge in [0.2, 0.25) is 0 Å². The van der Waals surface area contributed by atoms with Crippen LogP contribution in [0.1, 0.15) is 31.2 Å². The third-order valence-electron chi connectivity index (χ3n) is 3.40. The smallest absolute Gasteiger partial charge is 0.269 e. The highest BCUT2D eigenvalue weighted by Crippen LogP contribution is 2.23. The number of nitro benzene ring substituents is 1. The summed E-state index contributed by atoms with van der Waals surface area (Å²) in [7, 11) is 0. The molecule has 1 aromatic heterocycles. The molecule has 0 bridgehead atoms. The molecule has 24 heavy (non-hydrogen) atoms. The molecule has 130 valence electrons. The lowest BCUT2D eigenvalue weighted by molar-refractivity contribution is -0.384. The van der Waals surface area contributed by atoms with Crippen LogP contribution in [-0.4, -0.2) is 18.1 Å². The fourth-order valence-electron chi connectivity index (χ4n) is 2.20. The van der Waals surface area contributed by atoms with E-state index in [0.717, 1.165) is 5.76 Å². The Morgan fingerprint density at radius 1 is 1.33 bits per heavy atom. The molecule has 1 heterocycles. The van der Waals surface area contributed by atoms with Crippen molar-refractivity contribution in [3.05, 3.63) is 63.1 Å². The molecule has 2 rings (SSSR count). The van der Waals surface area contributed by atoms with Crippen molar-refractivity contribution in [2.24, 2.45) is 5.92 Å². The lowest BCUT2D eigenvalue weighted by Crippen LogP contribution is -2.25. The molecular weight excluding hydrogens is 332 g/mol. The van der Waals surface area contributed by atoms with Crippen LogP contribution in [0.15, 0.2) is 41.0 Å². The molecule has 0 aliphatic rings. The molecule has 1 atom stereocenters. The number of halogens is 1. The predicted molar refractivity (Wildman–Crippen MR) is 92.1 cm³/mol. The Labute approximate surface area is 145 Å². The maximum atomic E-state index is 10.9. The van der Waals surface area contributed by atoms with Crippen LogP contribution in [-0.2, 0) is 11.3 Å². The minimum atomic E-state index is -0.435. The molecule has 2 aromatic rings. The highest BCUT2D eigenvalue weighted by Gasteiger charge is 2.16. The van der Waals surface area contributed by atoms with Crippen molar-refractivity contribution in [1.82, 2.24) is 5.32 Å². The first-order chi connectivity index (χ1) is 11.5. The van der Waals surface area contributed by atoms with Crippen molar-refractivity contribution in [1.29, 1.82) is 0 Å². The van der Waals surface area contributed by atoms with Crippen LogP contribution in [0.25, 0.3) is 0 Å². The van der Waals surface area contributed by atoms with Crippen LogP contribution in [0.4, 0.5) is 5.69 Å². The molecular formula is C17H21ClN2O4. The summed E-state index contributed by atoms with van der Waals surface area (Å²) in [5, 5.41) is 14.7. The second kappa shape index (κ2) is 8.82. The second-order valence-corrected chi connectivity index (χ2v) is 6.32. The highest BCUT2D eigenvalue weighted by atomic mass is 35.5. The molecule has 1 unspecified atom stereocenters. The first-order valence-corrected chi connectivity index (χ1v) is 8.12. The van der Waals surface area contributed by atoms with Crippen molar-refractivity contribution >= 4 is 17.3 Å². The molecule has 0 spiro atoms. The number of benzene rings is 1. The number of hydrogen-bond acceptors (Lipinski definition) is 5. The van der Waals surface area contributed by atoms with Crippen LogP contribution < -0.4 is 5.32 Å². The fourth-order valence-corrected chi connectivity index (χ4v) is 2.38. The Kier molecular flexibility index (Phi) is 6.78. The van der Waals surface area contributed by atoms with Crippen molar-refractivity contribution < 1.29 is 14.1 Å². The Balaban J connectivity index is 2.04. The van der Waals surface area contributed by atoms with Crippen LogP contribution in [0, 0.1) is 16.0 Å².